The molecule has 2 rings (SSSR count). The van der Waals surface area contributed by atoms with Crippen LogP contribution in [0.1, 0.15) is 24.8 Å². The van der Waals surface area contributed by atoms with Gasteiger partial charge in [0, 0.05) is 12.2 Å². The van der Waals surface area contributed by atoms with Crippen molar-refractivity contribution in [2.24, 2.45) is 5.92 Å². The summed E-state index contributed by atoms with van der Waals surface area (Å²) in [5.41, 5.74) is 7.07. The first-order valence-electron chi connectivity index (χ1n) is 5.85. The molecule has 1 saturated carbocycles. The first-order chi connectivity index (χ1) is 7.99. The number of hydrogen-bond acceptors (Lipinski definition) is 3. The monoisotopic (exact) mass is 254 g/mol. The van der Waals surface area contributed by atoms with Gasteiger partial charge in [0.1, 0.15) is 0 Å². The first-order valence-corrected chi connectivity index (χ1v) is 7.33. The van der Waals surface area contributed by atoms with E-state index in [1.165, 1.54) is 6.42 Å². The van der Waals surface area contributed by atoms with Gasteiger partial charge in [-0.1, -0.05) is 6.42 Å². The molecule has 17 heavy (non-hydrogen) atoms. The summed E-state index contributed by atoms with van der Waals surface area (Å²) in [7, 11) is -3.38. The van der Waals surface area contributed by atoms with Gasteiger partial charge in [-0.3, -0.25) is 0 Å². The first kappa shape index (κ1) is 12.4. The third-order valence-corrected chi connectivity index (χ3v) is 4.76. The lowest BCUT2D eigenvalue weighted by Gasteiger charge is -2.25. The lowest BCUT2D eigenvalue weighted by atomic mass is 9.86. The van der Waals surface area contributed by atoms with Crippen molar-refractivity contribution in [2.45, 2.75) is 31.1 Å². The maximum atomic E-state index is 12.0. The molecule has 3 N–H and O–H groups in total. The molecule has 5 heteroatoms. The molecule has 0 aliphatic heterocycles. The van der Waals surface area contributed by atoms with Crippen LogP contribution in [0.3, 0.4) is 0 Å². The largest absolute Gasteiger partial charge is 0.399 e. The van der Waals surface area contributed by atoms with Gasteiger partial charge in [0.2, 0.25) is 10.0 Å². The van der Waals surface area contributed by atoms with Crippen molar-refractivity contribution in [1.82, 2.24) is 4.72 Å². The fourth-order valence-corrected chi connectivity index (χ4v) is 3.02. The van der Waals surface area contributed by atoms with Crippen molar-refractivity contribution in [3.63, 3.8) is 0 Å². The number of benzene rings is 1. The molecule has 0 heterocycles. The molecule has 94 valence electrons. The van der Waals surface area contributed by atoms with E-state index in [0.717, 1.165) is 18.4 Å². The fraction of sp³-hybridized carbons (Fsp3) is 0.500. The Bertz CT molecular complexity index is 507. The third kappa shape index (κ3) is 2.79. The summed E-state index contributed by atoms with van der Waals surface area (Å²) in [5.74, 6) is 0.514. The number of rotatable bonds is 4. The Kier molecular flexibility index (Phi) is 3.40. The van der Waals surface area contributed by atoms with Crippen LogP contribution in [0.2, 0.25) is 0 Å². The van der Waals surface area contributed by atoms with Crippen LogP contribution in [0.15, 0.2) is 23.1 Å². The Morgan fingerprint density at radius 1 is 1.41 bits per heavy atom. The molecular weight excluding hydrogens is 236 g/mol. The van der Waals surface area contributed by atoms with Crippen molar-refractivity contribution in [1.29, 1.82) is 0 Å². The summed E-state index contributed by atoms with van der Waals surface area (Å²) in [4.78, 5) is 0.295. The summed E-state index contributed by atoms with van der Waals surface area (Å²) in [6, 6.07) is 4.79. The predicted octanol–water partition coefficient (Wildman–Crippen LogP) is 1.66. The fourth-order valence-electron chi connectivity index (χ4n) is 1.82. The second-order valence-corrected chi connectivity index (χ2v) is 6.43. The van der Waals surface area contributed by atoms with Gasteiger partial charge in [0.15, 0.2) is 0 Å². The molecule has 0 aromatic heterocycles. The van der Waals surface area contributed by atoms with Gasteiger partial charge in [0.05, 0.1) is 4.90 Å². The van der Waals surface area contributed by atoms with E-state index >= 15 is 0 Å². The van der Waals surface area contributed by atoms with Crippen LogP contribution in [0.25, 0.3) is 0 Å². The number of nitrogens with two attached hydrogens (primary N) is 1. The van der Waals surface area contributed by atoms with Gasteiger partial charge >= 0.3 is 0 Å². The average Bonchev–Trinajstić information content (AvgIpc) is 2.19. The van der Waals surface area contributed by atoms with Crippen molar-refractivity contribution in [3.8, 4) is 0 Å². The van der Waals surface area contributed by atoms with E-state index in [1.807, 2.05) is 0 Å². The molecule has 0 unspecified atom stereocenters. The quantitative estimate of drug-likeness (QED) is 0.803. The van der Waals surface area contributed by atoms with E-state index in [2.05, 4.69) is 4.72 Å². The highest BCUT2D eigenvalue weighted by Gasteiger charge is 2.21. The summed E-state index contributed by atoms with van der Waals surface area (Å²) < 4.78 is 26.6. The lowest BCUT2D eigenvalue weighted by Crippen LogP contribution is -2.32. The number of anilines is 1. The number of nitrogens with one attached hydrogen (secondary N) is 1. The van der Waals surface area contributed by atoms with E-state index < -0.39 is 10.0 Å². The van der Waals surface area contributed by atoms with Crippen LogP contribution in [0.4, 0.5) is 5.69 Å². The minimum atomic E-state index is -3.38. The molecule has 0 radical (unpaired) electrons. The molecule has 0 bridgehead atoms. The number of aryl methyl sites for hydroxylation is 1. The SMILES string of the molecule is Cc1cc(S(=O)(=O)NCC2CCC2)ccc1N. The summed E-state index contributed by atoms with van der Waals surface area (Å²) in [5, 5.41) is 0. The second kappa shape index (κ2) is 4.66. The van der Waals surface area contributed by atoms with Gasteiger partial charge < -0.3 is 5.73 Å². The molecule has 0 amide bonds. The Labute approximate surface area is 102 Å². The van der Waals surface area contributed by atoms with Crippen molar-refractivity contribution in [2.75, 3.05) is 12.3 Å². The topological polar surface area (TPSA) is 72.2 Å². The third-order valence-electron chi connectivity index (χ3n) is 3.34. The number of hydrogen-bond donors (Lipinski definition) is 2. The van der Waals surface area contributed by atoms with E-state index in [1.54, 1.807) is 25.1 Å². The van der Waals surface area contributed by atoms with Crippen molar-refractivity contribution >= 4 is 15.7 Å². The Morgan fingerprint density at radius 3 is 2.65 bits per heavy atom. The Morgan fingerprint density at radius 2 is 2.12 bits per heavy atom. The Balaban J connectivity index is 2.10. The minimum Gasteiger partial charge on any atom is -0.399 e. The lowest BCUT2D eigenvalue weighted by molar-refractivity contribution is 0.316. The highest BCUT2D eigenvalue weighted by Crippen LogP contribution is 2.26. The van der Waals surface area contributed by atoms with Gasteiger partial charge in [-0.2, -0.15) is 0 Å². The van der Waals surface area contributed by atoms with Crippen molar-refractivity contribution in [3.05, 3.63) is 23.8 Å². The number of nitrogen functional groups attached to an aromatic ring is 1. The standard InChI is InChI=1S/C12H18N2O2S/c1-9-7-11(5-6-12(9)13)17(15,16)14-8-10-3-2-4-10/h5-7,10,14H,2-4,8,13H2,1H3. The van der Waals surface area contributed by atoms with Gasteiger partial charge in [-0.15, -0.1) is 0 Å². The maximum absolute atomic E-state index is 12.0. The zero-order chi connectivity index (χ0) is 12.5. The van der Waals surface area contributed by atoms with Crippen LogP contribution < -0.4 is 10.5 Å². The van der Waals surface area contributed by atoms with Crippen molar-refractivity contribution < 1.29 is 8.42 Å². The molecular formula is C12H18N2O2S. The van der Waals surface area contributed by atoms with Crippen LogP contribution in [0, 0.1) is 12.8 Å². The van der Waals surface area contributed by atoms with Crippen LogP contribution in [-0.2, 0) is 10.0 Å². The maximum Gasteiger partial charge on any atom is 0.240 e. The van der Waals surface area contributed by atoms with Crippen LogP contribution >= 0.6 is 0 Å². The average molecular weight is 254 g/mol. The summed E-state index contributed by atoms with van der Waals surface area (Å²) in [6.45, 7) is 2.35. The molecule has 1 aromatic carbocycles. The molecule has 0 atom stereocenters. The molecule has 1 aliphatic carbocycles. The zero-order valence-corrected chi connectivity index (χ0v) is 10.8. The molecule has 0 spiro atoms. The smallest absolute Gasteiger partial charge is 0.240 e. The van der Waals surface area contributed by atoms with Crippen LogP contribution in [-0.4, -0.2) is 15.0 Å². The highest BCUT2D eigenvalue weighted by molar-refractivity contribution is 7.89. The van der Waals surface area contributed by atoms with Crippen LogP contribution in [0.5, 0.6) is 0 Å². The predicted molar refractivity (Wildman–Crippen MR) is 68.1 cm³/mol. The van der Waals surface area contributed by atoms with E-state index in [-0.39, 0.29) is 0 Å². The second-order valence-electron chi connectivity index (χ2n) is 4.67. The molecule has 0 saturated heterocycles. The molecule has 4 nitrogen and oxygen atoms in total. The normalized spacial score (nSPS) is 16.8. The van der Waals surface area contributed by atoms with Gasteiger partial charge in [-0.25, -0.2) is 13.1 Å². The summed E-state index contributed by atoms with van der Waals surface area (Å²) in [6.07, 6.45) is 3.47. The van der Waals surface area contributed by atoms with Gasteiger partial charge in [0.25, 0.3) is 0 Å². The highest BCUT2D eigenvalue weighted by atomic mass is 32.2. The summed E-state index contributed by atoms with van der Waals surface area (Å²) >= 11 is 0. The van der Waals surface area contributed by atoms with E-state index in [0.29, 0.717) is 23.0 Å². The molecule has 1 fully saturated rings. The van der Waals surface area contributed by atoms with E-state index in [4.69, 9.17) is 5.73 Å². The minimum absolute atomic E-state index is 0.295. The van der Waals surface area contributed by atoms with Gasteiger partial charge in [-0.05, 0) is 49.4 Å². The molecule has 1 aliphatic rings. The Hall–Kier alpha value is -1.07. The molecule has 1 aromatic rings. The van der Waals surface area contributed by atoms with E-state index in [9.17, 15) is 8.42 Å². The zero-order valence-electron chi connectivity index (χ0n) is 9.94. The number of sulfonamides is 1.